The number of hydrogen-bond donors (Lipinski definition) is 2. The van der Waals surface area contributed by atoms with Crippen molar-refractivity contribution in [2.24, 2.45) is 0 Å². The third kappa shape index (κ3) is 1.47. The van der Waals surface area contributed by atoms with E-state index in [1.165, 1.54) is 11.1 Å². The summed E-state index contributed by atoms with van der Waals surface area (Å²) in [7, 11) is 1.59. The summed E-state index contributed by atoms with van der Waals surface area (Å²) >= 11 is 0. The minimum atomic E-state index is -0.371. The molecule has 1 aromatic carbocycles. The van der Waals surface area contributed by atoms with Gasteiger partial charge < -0.3 is 14.9 Å². The van der Waals surface area contributed by atoms with Gasteiger partial charge in [-0.1, -0.05) is 12.2 Å². The van der Waals surface area contributed by atoms with E-state index in [1.807, 2.05) is 18.2 Å². The Balaban J connectivity index is 1.98. The molecule has 2 N–H and O–H groups in total. The zero-order valence-corrected chi connectivity index (χ0v) is 12.5. The lowest BCUT2D eigenvalue weighted by molar-refractivity contribution is 0.0352. The van der Waals surface area contributed by atoms with Crippen molar-refractivity contribution in [2.45, 2.75) is 43.4 Å². The molecular formula is C17H21NO3. The lowest BCUT2D eigenvalue weighted by atomic mass is 9.59. The molecule has 2 bridgehead atoms. The molecule has 3 aliphatic rings. The number of benzene rings is 1. The van der Waals surface area contributed by atoms with Crippen molar-refractivity contribution in [1.29, 1.82) is 0 Å². The monoisotopic (exact) mass is 287 g/mol. The number of phenolic OH excluding ortho intramolecular Hbond substituents is 1. The molecule has 4 atom stereocenters. The van der Waals surface area contributed by atoms with Crippen LogP contribution in [-0.4, -0.2) is 40.4 Å². The predicted octanol–water partition coefficient (Wildman–Crippen LogP) is 1.94. The van der Waals surface area contributed by atoms with Crippen LogP contribution in [0.4, 0.5) is 0 Å². The molecule has 1 fully saturated rings. The van der Waals surface area contributed by atoms with Crippen molar-refractivity contribution in [3.8, 4) is 11.5 Å². The second kappa shape index (κ2) is 4.02. The first kappa shape index (κ1) is 13.2. The van der Waals surface area contributed by atoms with E-state index in [1.54, 1.807) is 7.11 Å². The quantitative estimate of drug-likeness (QED) is 0.775. The fourth-order valence-electron chi connectivity index (χ4n) is 4.73. The highest BCUT2D eigenvalue weighted by molar-refractivity contribution is 5.55. The molecule has 0 spiro atoms. The van der Waals surface area contributed by atoms with E-state index < -0.39 is 0 Å². The number of aliphatic hydroxyl groups excluding tert-OH is 1. The van der Waals surface area contributed by atoms with E-state index in [4.69, 9.17) is 4.74 Å². The average molecular weight is 287 g/mol. The van der Waals surface area contributed by atoms with Crippen LogP contribution in [0.25, 0.3) is 0 Å². The van der Waals surface area contributed by atoms with Crippen LogP contribution in [0.3, 0.4) is 0 Å². The molecule has 1 aliphatic carbocycles. The number of aliphatic hydroxyl groups is 1. The number of aromatic hydroxyl groups is 1. The summed E-state index contributed by atoms with van der Waals surface area (Å²) in [5, 5.41) is 20.1. The number of rotatable bonds is 1. The fourth-order valence-corrected chi connectivity index (χ4v) is 4.73. The minimum absolute atomic E-state index is 0.0594. The first-order chi connectivity index (χ1) is 10.00. The van der Waals surface area contributed by atoms with Gasteiger partial charge in [0.15, 0.2) is 11.5 Å². The van der Waals surface area contributed by atoms with Crippen molar-refractivity contribution in [3.63, 3.8) is 0 Å². The van der Waals surface area contributed by atoms with E-state index in [0.29, 0.717) is 5.75 Å². The molecule has 21 heavy (non-hydrogen) atoms. The Labute approximate surface area is 124 Å². The van der Waals surface area contributed by atoms with Gasteiger partial charge in [0.2, 0.25) is 0 Å². The van der Waals surface area contributed by atoms with Crippen LogP contribution in [0.1, 0.15) is 30.9 Å². The Kier molecular flexibility index (Phi) is 2.52. The number of hydrogen-bond acceptors (Lipinski definition) is 4. The van der Waals surface area contributed by atoms with Crippen LogP contribution < -0.4 is 4.74 Å². The van der Waals surface area contributed by atoms with Crippen LogP contribution in [0.15, 0.2) is 24.3 Å². The molecule has 2 aliphatic heterocycles. The number of phenols is 1. The summed E-state index contributed by atoms with van der Waals surface area (Å²) in [6.45, 7) is 4.10. The standard InChI is InChI=1S/C17H21NO3/c1-16-9-12(19)3-4-17(16)5-6-18(16)10-11-7-14(20)15(21-2)8-13(11)17/h3-4,7-8,12,19-20H,5-6,9-10H2,1-2H3/t12-,16+,17+/m1/s1. The molecule has 4 rings (SSSR count). The Morgan fingerprint density at radius 2 is 2.19 bits per heavy atom. The summed E-state index contributed by atoms with van der Waals surface area (Å²) < 4.78 is 5.31. The molecule has 0 amide bonds. The Morgan fingerprint density at radius 3 is 2.95 bits per heavy atom. The van der Waals surface area contributed by atoms with E-state index in [9.17, 15) is 10.2 Å². The zero-order valence-electron chi connectivity index (χ0n) is 12.5. The first-order valence-electron chi connectivity index (χ1n) is 7.53. The van der Waals surface area contributed by atoms with Gasteiger partial charge in [0.1, 0.15) is 0 Å². The number of methoxy groups -OCH3 is 1. The summed E-state index contributed by atoms with van der Waals surface area (Å²) in [5.74, 6) is 0.738. The van der Waals surface area contributed by atoms with E-state index in [2.05, 4.69) is 17.9 Å². The van der Waals surface area contributed by atoms with Gasteiger partial charge in [-0.3, -0.25) is 4.90 Å². The van der Waals surface area contributed by atoms with Gasteiger partial charge in [0.05, 0.1) is 13.2 Å². The molecule has 4 heteroatoms. The summed E-state index contributed by atoms with van der Waals surface area (Å²) in [5.41, 5.74) is 2.28. The molecule has 1 saturated heterocycles. The van der Waals surface area contributed by atoms with E-state index in [-0.39, 0.29) is 22.8 Å². The van der Waals surface area contributed by atoms with Crippen molar-refractivity contribution in [3.05, 3.63) is 35.4 Å². The zero-order chi connectivity index (χ0) is 14.8. The van der Waals surface area contributed by atoms with Crippen LogP contribution in [0.2, 0.25) is 0 Å². The molecule has 2 heterocycles. The second-order valence-corrected chi connectivity index (χ2v) is 6.73. The van der Waals surface area contributed by atoms with Crippen LogP contribution in [-0.2, 0) is 12.0 Å². The van der Waals surface area contributed by atoms with Gasteiger partial charge in [-0.05, 0) is 43.0 Å². The van der Waals surface area contributed by atoms with Gasteiger partial charge in [-0.2, -0.15) is 0 Å². The summed E-state index contributed by atoms with van der Waals surface area (Å²) in [6.07, 6.45) is 5.55. The third-order valence-electron chi connectivity index (χ3n) is 5.89. The fraction of sp³-hybridized carbons (Fsp3) is 0.529. The maximum Gasteiger partial charge on any atom is 0.160 e. The van der Waals surface area contributed by atoms with Crippen molar-refractivity contribution in [2.75, 3.05) is 13.7 Å². The highest BCUT2D eigenvalue weighted by Gasteiger charge is 2.60. The lowest BCUT2D eigenvalue weighted by Crippen LogP contribution is -2.59. The molecule has 0 aromatic heterocycles. The van der Waals surface area contributed by atoms with Crippen molar-refractivity contribution in [1.82, 2.24) is 4.90 Å². The number of nitrogens with zero attached hydrogens (tertiary/aromatic N) is 1. The molecule has 0 saturated carbocycles. The molecule has 0 radical (unpaired) electrons. The number of fused-ring (bicyclic) bond motifs is 1. The van der Waals surface area contributed by atoms with E-state index in [0.717, 1.165) is 25.9 Å². The molecule has 112 valence electrons. The maximum absolute atomic E-state index is 10.1. The largest absolute Gasteiger partial charge is 0.504 e. The highest BCUT2D eigenvalue weighted by atomic mass is 16.5. The van der Waals surface area contributed by atoms with Gasteiger partial charge in [0, 0.05) is 24.0 Å². The molecule has 4 nitrogen and oxygen atoms in total. The number of ether oxygens (including phenoxy) is 1. The third-order valence-corrected chi connectivity index (χ3v) is 5.89. The van der Waals surface area contributed by atoms with Crippen LogP contribution in [0.5, 0.6) is 11.5 Å². The SMILES string of the molecule is COc1cc2c(cc1O)CN1CC[C@@]23C=C[C@@H](O)C[C@]13C. The van der Waals surface area contributed by atoms with Gasteiger partial charge >= 0.3 is 0 Å². The second-order valence-electron chi connectivity index (χ2n) is 6.73. The Bertz CT molecular complexity index is 641. The topological polar surface area (TPSA) is 52.9 Å². The van der Waals surface area contributed by atoms with Gasteiger partial charge in [-0.15, -0.1) is 0 Å². The Hall–Kier alpha value is -1.52. The van der Waals surface area contributed by atoms with E-state index >= 15 is 0 Å². The highest BCUT2D eigenvalue weighted by Crippen LogP contribution is 2.58. The summed E-state index contributed by atoms with van der Waals surface area (Å²) in [6, 6.07) is 3.83. The molecular weight excluding hydrogens is 266 g/mol. The summed E-state index contributed by atoms with van der Waals surface area (Å²) in [4.78, 5) is 2.45. The normalized spacial score (nSPS) is 39.8. The minimum Gasteiger partial charge on any atom is -0.504 e. The Morgan fingerprint density at radius 1 is 1.38 bits per heavy atom. The average Bonchev–Trinajstić information content (AvgIpc) is 2.63. The van der Waals surface area contributed by atoms with Gasteiger partial charge in [-0.25, -0.2) is 0 Å². The van der Waals surface area contributed by atoms with Crippen LogP contribution in [0, 0.1) is 0 Å². The smallest absolute Gasteiger partial charge is 0.160 e. The van der Waals surface area contributed by atoms with Crippen molar-refractivity contribution < 1.29 is 14.9 Å². The maximum atomic E-state index is 10.1. The molecule has 1 aromatic rings. The van der Waals surface area contributed by atoms with Crippen molar-refractivity contribution >= 4 is 0 Å². The van der Waals surface area contributed by atoms with Gasteiger partial charge in [0.25, 0.3) is 0 Å². The lowest BCUT2D eigenvalue weighted by Gasteiger charge is -2.53. The van der Waals surface area contributed by atoms with Crippen LogP contribution >= 0.6 is 0 Å². The predicted molar refractivity (Wildman–Crippen MR) is 79.5 cm³/mol. The molecule has 1 unspecified atom stereocenters. The first-order valence-corrected chi connectivity index (χ1v) is 7.53.